The Bertz CT molecular complexity index is 1290. The van der Waals surface area contributed by atoms with Crippen molar-refractivity contribution in [2.75, 3.05) is 145 Å². The number of rotatable bonds is 35. The molecule has 0 fully saturated rings. The van der Waals surface area contributed by atoms with Crippen molar-refractivity contribution in [1.82, 2.24) is 5.32 Å². The zero-order valence-corrected chi connectivity index (χ0v) is 34.2. The van der Waals surface area contributed by atoms with Crippen molar-refractivity contribution >= 4 is 12.1 Å². The Morgan fingerprint density at radius 2 is 0.860 bits per heavy atom. The highest BCUT2D eigenvalue weighted by molar-refractivity contribution is 5.79. The summed E-state index contributed by atoms with van der Waals surface area (Å²) in [5, 5.41) is 2.80. The van der Waals surface area contributed by atoms with Crippen LogP contribution < -0.4 is 5.32 Å². The Kier molecular flexibility index (Phi) is 26.0. The first-order valence-corrected chi connectivity index (χ1v) is 19.9. The van der Waals surface area contributed by atoms with Crippen LogP contribution in [0.15, 0.2) is 48.5 Å². The average Bonchev–Trinajstić information content (AvgIpc) is 3.51. The molecule has 2 aromatic rings. The van der Waals surface area contributed by atoms with E-state index in [4.69, 9.17) is 56.8 Å². The quantitative estimate of drug-likeness (QED) is 0.0771. The van der Waals surface area contributed by atoms with Gasteiger partial charge in [-0.15, -0.1) is 0 Å². The smallest absolute Gasteiger partial charge is 0.407 e. The molecule has 1 aliphatic carbocycles. The van der Waals surface area contributed by atoms with Crippen molar-refractivity contribution in [2.45, 2.75) is 38.7 Å². The summed E-state index contributed by atoms with van der Waals surface area (Å²) in [5.74, 6) is -0.345. The molecule has 2 aromatic carbocycles. The lowest BCUT2D eigenvalue weighted by molar-refractivity contribution is -0.160. The van der Waals surface area contributed by atoms with E-state index in [9.17, 15) is 9.59 Å². The van der Waals surface area contributed by atoms with Gasteiger partial charge in [0, 0.05) is 19.1 Å². The number of esters is 1. The third kappa shape index (κ3) is 23.1. The molecule has 0 bridgehead atoms. The Morgan fingerprint density at radius 3 is 1.25 bits per heavy atom. The molecule has 15 nitrogen and oxygen atoms in total. The van der Waals surface area contributed by atoms with Gasteiger partial charge in [-0.25, -0.2) is 9.59 Å². The van der Waals surface area contributed by atoms with Gasteiger partial charge in [0.15, 0.2) is 0 Å². The lowest BCUT2D eigenvalue weighted by Gasteiger charge is -2.19. The molecule has 0 aromatic heterocycles. The van der Waals surface area contributed by atoms with Crippen LogP contribution in [0.3, 0.4) is 0 Å². The Balaban J connectivity index is 0.943. The molecule has 0 saturated heterocycles. The van der Waals surface area contributed by atoms with Gasteiger partial charge in [-0.3, -0.25) is 0 Å². The van der Waals surface area contributed by atoms with Gasteiger partial charge in [0.25, 0.3) is 0 Å². The van der Waals surface area contributed by atoms with Gasteiger partial charge >= 0.3 is 12.1 Å². The third-order valence-electron chi connectivity index (χ3n) is 8.07. The number of fused-ring (bicyclic) bond motifs is 3. The van der Waals surface area contributed by atoms with Crippen molar-refractivity contribution < 1.29 is 66.4 Å². The highest BCUT2D eigenvalue weighted by atomic mass is 16.6. The molecule has 0 atom stereocenters. The maximum Gasteiger partial charge on any atom is 0.407 e. The van der Waals surface area contributed by atoms with E-state index >= 15 is 0 Å². The lowest BCUT2D eigenvalue weighted by atomic mass is 9.98. The van der Waals surface area contributed by atoms with Crippen LogP contribution in [0.5, 0.6) is 0 Å². The second-order valence-corrected chi connectivity index (χ2v) is 13.8. The first kappa shape index (κ1) is 48.2. The minimum atomic E-state index is -0.517. The molecule has 0 heterocycles. The van der Waals surface area contributed by atoms with Crippen LogP contribution in [0.25, 0.3) is 11.1 Å². The molecule has 1 amide bonds. The molecule has 0 spiro atoms. The summed E-state index contributed by atoms with van der Waals surface area (Å²) < 4.78 is 65.4. The van der Waals surface area contributed by atoms with E-state index in [2.05, 4.69) is 29.6 Å². The number of hydrogen-bond donors (Lipinski definition) is 1. The fourth-order valence-corrected chi connectivity index (χ4v) is 5.52. The van der Waals surface area contributed by atoms with Gasteiger partial charge in [0.2, 0.25) is 0 Å². The Labute approximate surface area is 338 Å². The monoisotopic (exact) mass is 807 g/mol. The van der Waals surface area contributed by atoms with Gasteiger partial charge in [-0.1, -0.05) is 48.5 Å². The van der Waals surface area contributed by atoms with Crippen LogP contribution >= 0.6 is 0 Å². The van der Waals surface area contributed by atoms with E-state index in [0.717, 1.165) is 0 Å². The standard InChI is InChI=1S/C42H65NO14/c1-42(2,3)57-40(44)34-55-32-31-54-30-29-53-28-27-52-26-25-51-24-23-50-22-21-49-20-19-48-18-17-47-16-15-46-14-8-13-43-41(45)56-33-39-37-11-6-4-9-35(37)36-10-5-7-12-38(36)39/h4-7,9-12,39H,8,13-34H2,1-3H3,(H,43,45). The van der Waals surface area contributed by atoms with Gasteiger partial charge in [0.1, 0.15) is 18.8 Å². The summed E-state index contributed by atoms with van der Waals surface area (Å²) in [6, 6.07) is 16.6. The van der Waals surface area contributed by atoms with Crippen molar-refractivity contribution in [3.63, 3.8) is 0 Å². The molecular weight excluding hydrogens is 742 g/mol. The molecular formula is C42H65NO14. The molecule has 0 radical (unpaired) electrons. The summed E-state index contributed by atoms with van der Waals surface area (Å²) in [5.41, 5.74) is 4.28. The maximum atomic E-state index is 12.3. The van der Waals surface area contributed by atoms with Gasteiger partial charge in [0.05, 0.1) is 119 Å². The van der Waals surface area contributed by atoms with Gasteiger partial charge < -0.3 is 62.2 Å². The number of amides is 1. The molecule has 1 N–H and O–H groups in total. The SMILES string of the molecule is CC(C)(C)OC(=O)COCCOCCOCCOCCOCCOCCOCCOCCOCCOCCCNC(=O)OCC1c2ccccc2-c2ccccc21. The summed E-state index contributed by atoms with van der Waals surface area (Å²) in [6.45, 7) is 14.9. The van der Waals surface area contributed by atoms with E-state index in [1.165, 1.54) is 22.3 Å². The largest absolute Gasteiger partial charge is 0.458 e. The number of carbonyl (C=O) groups is 2. The summed E-state index contributed by atoms with van der Waals surface area (Å²) in [7, 11) is 0. The normalized spacial score (nSPS) is 12.4. The van der Waals surface area contributed by atoms with Gasteiger partial charge in [-0.05, 0) is 49.4 Å². The number of carbonyl (C=O) groups excluding carboxylic acids is 2. The molecule has 15 heteroatoms. The zero-order valence-electron chi connectivity index (χ0n) is 34.2. The third-order valence-corrected chi connectivity index (χ3v) is 8.07. The van der Waals surface area contributed by atoms with Crippen LogP contribution in [-0.4, -0.2) is 163 Å². The highest BCUT2D eigenvalue weighted by Gasteiger charge is 2.29. The van der Waals surface area contributed by atoms with Crippen molar-refractivity contribution in [1.29, 1.82) is 0 Å². The first-order valence-electron chi connectivity index (χ1n) is 19.9. The van der Waals surface area contributed by atoms with E-state index in [1.807, 2.05) is 45.0 Å². The van der Waals surface area contributed by atoms with Crippen molar-refractivity contribution in [2.24, 2.45) is 0 Å². The van der Waals surface area contributed by atoms with Crippen molar-refractivity contribution in [3.8, 4) is 11.1 Å². The topological polar surface area (TPSA) is 157 Å². The predicted octanol–water partition coefficient (Wildman–Crippen LogP) is 4.42. The fourth-order valence-electron chi connectivity index (χ4n) is 5.52. The number of hydrogen-bond acceptors (Lipinski definition) is 14. The second-order valence-electron chi connectivity index (χ2n) is 13.8. The first-order chi connectivity index (χ1) is 27.8. The molecule has 3 rings (SSSR count). The molecule has 0 unspecified atom stereocenters. The molecule has 1 aliphatic rings. The molecule has 322 valence electrons. The van der Waals surface area contributed by atoms with Crippen LogP contribution in [0.4, 0.5) is 4.79 Å². The minimum absolute atomic E-state index is 0.0456. The maximum absolute atomic E-state index is 12.3. The summed E-state index contributed by atoms with van der Waals surface area (Å²) in [4.78, 5) is 23.8. The molecule has 57 heavy (non-hydrogen) atoms. The highest BCUT2D eigenvalue weighted by Crippen LogP contribution is 2.44. The van der Waals surface area contributed by atoms with Gasteiger partial charge in [-0.2, -0.15) is 0 Å². The van der Waals surface area contributed by atoms with E-state index in [-0.39, 0.29) is 12.5 Å². The number of alkyl carbamates (subject to hydrolysis) is 1. The van der Waals surface area contributed by atoms with Crippen LogP contribution in [-0.2, 0) is 61.6 Å². The Morgan fingerprint density at radius 1 is 0.509 bits per heavy atom. The zero-order chi connectivity index (χ0) is 40.7. The van der Waals surface area contributed by atoms with E-state index in [0.29, 0.717) is 145 Å². The second kappa shape index (κ2) is 30.8. The summed E-state index contributed by atoms with van der Waals surface area (Å²) in [6.07, 6.45) is 0.260. The number of nitrogens with one attached hydrogen (secondary N) is 1. The van der Waals surface area contributed by atoms with Crippen molar-refractivity contribution in [3.05, 3.63) is 59.7 Å². The average molecular weight is 808 g/mol. The molecule has 0 saturated carbocycles. The van der Waals surface area contributed by atoms with E-state index < -0.39 is 17.7 Å². The van der Waals surface area contributed by atoms with E-state index in [1.54, 1.807) is 0 Å². The minimum Gasteiger partial charge on any atom is -0.458 e. The summed E-state index contributed by atoms with van der Waals surface area (Å²) >= 11 is 0. The number of ether oxygens (including phenoxy) is 12. The predicted molar refractivity (Wildman–Crippen MR) is 212 cm³/mol. The fraction of sp³-hybridized carbons (Fsp3) is 0.667. The Hall–Kier alpha value is -3.22. The van der Waals surface area contributed by atoms with Crippen LogP contribution in [0.2, 0.25) is 0 Å². The molecule has 0 aliphatic heterocycles. The number of benzene rings is 2. The van der Waals surface area contributed by atoms with Crippen LogP contribution in [0.1, 0.15) is 44.2 Å². The lowest BCUT2D eigenvalue weighted by Crippen LogP contribution is -2.27. The van der Waals surface area contributed by atoms with Crippen LogP contribution in [0, 0.1) is 0 Å².